The topological polar surface area (TPSA) is 182 Å². The molecule has 0 bridgehead atoms. The quantitative estimate of drug-likeness (QED) is 0.203. The van der Waals surface area contributed by atoms with Crippen LogP contribution in [0.4, 0.5) is 18.0 Å². The Labute approximate surface area is 360 Å². The molecule has 3 heterocycles. The number of halogens is 3. The molecule has 0 radical (unpaired) electrons. The fraction of sp³-hybridized carbons (Fsp3) is 0.651. The lowest BCUT2D eigenvalue weighted by Gasteiger charge is -2.34. The number of fused-ring (bicyclic) bond motifs is 3. The van der Waals surface area contributed by atoms with Crippen LogP contribution in [0.2, 0.25) is 0 Å². The summed E-state index contributed by atoms with van der Waals surface area (Å²) in [6, 6.07) is 6.24. The van der Waals surface area contributed by atoms with Gasteiger partial charge in [-0.15, -0.1) is 0 Å². The SMILES string of the molecule is CC.CCOc1cc2ccccc2c(O[C@@H]2C[C@H]3C(=O)N[C@]4(C(=O)NS(=O)(=O)C5(CC)CC5)C[C@H]4/C=C\CC[C@H](C)C[C@@H](C)[C@H](NC(=O)OC(C)(C)C(F)(F)F)C(=O)N3C2)n1.[HH].[HH].[HH]. The first kappa shape index (κ1) is 47.4. The average molecular weight is 886 g/mol. The van der Waals surface area contributed by atoms with Gasteiger partial charge in [-0.25, -0.2) is 13.2 Å². The van der Waals surface area contributed by atoms with Gasteiger partial charge in [0.15, 0.2) is 0 Å². The Bertz CT molecular complexity index is 2110. The third kappa shape index (κ3) is 10.2. The van der Waals surface area contributed by atoms with E-state index >= 15 is 0 Å². The van der Waals surface area contributed by atoms with Crippen molar-refractivity contribution in [3.8, 4) is 11.8 Å². The first-order valence-corrected chi connectivity index (χ1v) is 22.8. The minimum atomic E-state index is -4.91. The third-order valence-corrected chi connectivity index (χ3v) is 14.5. The zero-order valence-electron chi connectivity index (χ0n) is 36.2. The Morgan fingerprint density at radius 3 is 2.41 bits per heavy atom. The van der Waals surface area contributed by atoms with Crippen molar-refractivity contribution in [3.05, 3.63) is 42.5 Å². The number of alkyl carbamates (subject to hydrolysis) is 1. The normalized spacial score (nSPS) is 28.3. The molecule has 2 aliphatic carbocycles. The van der Waals surface area contributed by atoms with E-state index in [0.717, 1.165) is 5.39 Å². The number of allylic oxidation sites excluding steroid dienone is 1. The number of aromatic nitrogens is 1. The van der Waals surface area contributed by atoms with Gasteiger partial charge in [-0.1, -0.05) is 65.0 Å². The molecule has 6 rings (SSSR count). The molecular formula is C43H66F3N5O9S. The molecule has 2 aliphatic heterocycles. The van der Waals surface area contributed by atoms with Crippen LogP contribution >= 0.6 is 0 Å². The molecular weight excluding hydrogens is 820 g/mol. The van der Waals surface area contributed by atoms with Crippen LogP contribution in [0, 0.1) is 17.8 Å². The molecule has 4 aliphatic rings. The van der Waals surface area contributed by atoms with Gasteiger partial charge in [0, 0.05) is 28.1 Å². The minimum absolute atomic E-state index is 0. The van der Waals surface area contributed by atoms with Crippen LogP contribution in [0.25, 0.3) is 10.8 Å². The number of amides is 4. The van der Waals surface area contributed by atoms with E-state index in [1.165, 1.54) is 4.90 Å². The Morgan fingerprint density at radius 1 is 1.08 bits per heavy atom. The predicted octanol–water partition coefficient (Wildman–Crippen LogP) is 7.46. The zero-order valence-corrected chi connectivity index (χ0v) is 37.0. The predicted molar refractivity (Wildman–Crippen MR) is 228 cm³/mol. The number of alkyl halides is 3. The number of benzene rings is 1. The van der Waals surface area contributed by atoms with E-state index < -0.39 is 85.9 Å². The monoisotopic (exact) mass is 885 g/mol. The van der Waals surface area contributed by atoms with Gasteiger partial charge in [0.2, 0.25) is 39.2 Å². The van der Waals surface area contributed by atoms with Crippen LogP contribution in [0.5, 0.6) is 11.8 Å². The van der Waals surface area contributed by atoms with E-state index in [9.17, 15) is 40.8 Å². The molecule has 2 saturated carbocycles. The van der Waals surface area contributed by atoms with Crippen LogP contribution < -0.4 is 24.8 Å². The van der Waals surface area contributed by atoms with Crippen molar-refractivity contribution in [2.24, 2.45) is 17.8 Å². The first-order valence-electron chi connectivity index (χ1n) is 21.3. The molecule has 1 saturated heterocycles. The van der Waals surface area contributed by atoms with Crippen molar-refractivity contribution in [1.29, 1.82) is 0 Å². The number of nitrogens with zero attached hydrogens (tertiary/aromatic N) is 2. The molecule has 344 valence electrons. The molecule has 1 aromatic heterocycles. The summed E-state index contributed by atoms with van der Waals surface area (Å²) < 4.78 is 86.3. The number of carbonyl (C=O) groups excluding carboxylic acids is 4. The van der Waals surface area contributed by atoms with Crippen molar-refractivity contribution in [3.63, 3.8) is 0 Å². The van der Waals surface area contributed by atoms with Crippen molar-refractivity contribution in [2.45, 2.75) is 147 Å². The summed E-state index contributed by atoms with van der Waals surface area (Å²) in [5.41, 5.74) is -4.53. The number of ether oxygens (including phenoxy) is 3. The molecule has 0 unspecified atom stereocenters. The highest BCUT2D eigenvalue weighted by molar-refractivity contribution is 7.91. The molecule has 18 heteroatoms. The molecule has 14 nitrogen and oxygen atoms in total. The van der Waals surface area contributed by atoms with E-state index in [-0.39, 0.29) is 41.3 Å². The van der Waals surface area contributed by atoms with E-state index in [1.807, 2.05) is 39.0 Å². The number of carbonyl (C=O) groups is 4. The second-order valence-electron chi connectivity index (χ2n) is 17.0. The van der Waals surface area contributed by atoms with Crippen molar-refractivity contribution in [1.82, 2.24) is 25.2 Å². The van der Waals surface area contributed by atoms with Gasteiger partial charge in [-0.3, -0.25) is 19.1 Å². The maximum Gasteiger partial charge on any atom is 0.427 e. The standard InChI is InChI=1S/C41H54F3N5O9S.C2H6.3H2/c1-7-39(17-18-39)59(54,55)48-36(52)40-22-27(40)15-11-9-13-24(3)19-25(4)32(46-37(53)58-38(5,6)41(42,43)44)35(51)49-23-28(21-30(49)33(50)47-40)57-34-29-16-12-10-14-26(29)20-31(45-34)56-8-2;1-2;;;/h10-12,14-16,20,24-25,27-28,30,32H,7-9,13,17-19,21-23H2,1-6H3,(H,46,53)(H,47,50)(H,48,52);1-2H3;3*1H/b15-11-;;;;/t24-,25+,27+,28+,30-,32-,40+;;;;/m0..../s1. The lowest BCUT2D eigenvalue weighted by Crippen LogP contribution is -2.60. The first-order chi connectivity index (χ1) is 28.7. The largest absolute Gasteiger partial charge is 0.478 e. The third-order valence-electron chi connectivity index (χ3n) is 12.2. The summed E-state index contributed by atoms with van der Waals surface area (Å²) in [5.74, 6) is -3.22. The van der Waals surface area contributed by atoms with E-state index in [0.29, 0.717) is 64.4 Å². The van der Waals surface area contributed by atoms with E-state index in [4.69, 9.17) is 14.2 Å². The number of rotatable bonds is 10. The molecule has 3 N–H and O–H groups in total. The number of hydrogen-bond donors (Lipinski definition) is 3. The summed E-state index contributed by atoms with van der Waals surface area (Å²) in [6.07, 6.45) is -0.983. The molecule has 4 amide bonds. The fourth-order valence-corrected chi connectivity index (χ4v) is 9.81. The minimum Gasteiger partial charge on any atom is -0.478 e. The molecule has 1 aromatic carbocycles. The maximum absolute atomic E-state index is 14.8. The van der Waals surface area contributed by atoms with Gasteiger partial charge >= 0.3 is 12.3 Å². The van der Waals surface area contributed by atoms with E-state index in [2.05, 4.69) is 20.3 Å². The van der Waals surface area contributed by atoms with Gasteiger partial charge in [-0.05, 0) is 89.0 Å². The van der Waals surface area contributed by atoms with Crippen molar-refractivity contribution in [2.75, 3.05) is 13.2 Å². The van der Waals surface area contributed by atoms with Crippen molar-refractivity contribution >= 4 is 44.6 Å². The van der Waals surface area contributed by atoms with Gasteiger partial charge in [0.1, 0.15) is 23.7 Å². The zero-order chi connectivity index (χ0) is 45.1. The van der Waals surface area contributed by atoms with Crippen molar-refractivity contribution < 1.29 is 59.3 Å². The lowest BCUT2D eigenvalue weighted by atomic mass is 9.88. The molecule has 61 heavy (non-hydrogen) atoms. The average Bonchev–Trinajstić information content (AvgIpc) is 4.10. The second kappa shape index (κ2) is 18.4. The number of hydrogen-bond acceptors (Lipinski definition) is 10. The summed E-state index contributed by atoms with van der Waals surface area (Å²) >= 11 is 0. The van der Waals surface area contributed by atoms with Crippen LogP contribution in [0.3, 0.4) is 0 Å². The van der Waals surface area contributed by atoms with Gasteiger partial charge in [0.05, 0.1) is 17.9 Å². The number of nitrogens with one attached hydrogen (secondary N) is 3. The smallest absolute Gasteiger partial charge is 0.427 e. The summed E-state index contributed by atoms with van der Waals surface area (Å²) in [7, 11) is -4.09. The highest BCUT2D eigenvalue weighted by atomic mass is 32.2. The summed E-state index contributed by atoms with van der Waals surface area (Å²) in [4.78, 5) is 62.3. The Morgan fingerprint density at radius 2 is 1.77 bits per heavy atom. The highest BCUT2D eigenvalue weighted by Crippen LogP contribution is 2.49. The van der Waals surface area contributed by atoms with E-state index in [1.54, 1.807) is 45.0 Å². The Kier molecular flexibility index (Phi) is 14.3. The Hall–Kier alpha value is -4.61. The Balaban J connectivity index is 0.00000278. The summed E-state index contributed by atoms with van der Waals surface area (Å²) in [5, 5.41) is 6.58. The second-order valence-corrected chi connectivity index (χ2v) is 19.1. The van der Waals surface area contributed by atoms with Gasteiger partial charge in [-0.2, -0.15) is 18.2 Å². The fourth-order valence-electron chi connectivity index (χ4n) is 8.15. The molecule has 2 aromatic rings. The van der Waals surface area contributed by atoms with Crippen LogP contribution in [0.15, 0.2) is 42.5 Å². The van der Waals surface area contributed by atoms with Gasteiger partial charge in [0.25, 0.3) is 5.91 Å². The highest BCUT2D eigenvalue weighted by Gasteiger charge is 2.63. The molecule has 0 spiro atoms. The molecule has 3 fully saturated rings. The van der Waals surface area contributed by atoms with Crippen LogP contribution in [-0.4, -0.2) is 95.5 Å². The maximum atomic E-state index is 14.8. The lowest BCUT2D eigenvalue weighted by molar-refractivity contribution is -0.244. The number of sulfonamides is 1. The molecule has 7 atom stereocenters. The summed E-state index contributed by atoms with van der Waals surface area (Å²) in [6.45, 7) is 12.7. The number of pyridine rings is 1. The van der Waals surface area contributed by atoms with Gasteiger partial charge < -0.3 is 29.7 Å². The van der Waals surface area contributed by atoms with Crippen LogP contribution in [-0.2, 0) is 29.1 Å². The van der Waals surface area contributed by atoms with Crippen LogP contribution in [0.1, 0.15) is 111 Å².